The van der Waals surface area contributed by atoms with Crippen LogP contribution in [0.2, 0.25) is 0 Å². The van der Waals surface area contributed by atoms with E-state index in [1.54, 1.807) is 24.3 Å². The fraction of sp³-hybridized carbons (Fsp3) is 0.412. The monoisotopic (exact) mass is 315 g/mol. The number of carbonyl (C=O) groups excluding carboxylic acids is 1. The van der Waals surface area contributed by atoms with E-state index < -0.39 is 0 Å². The number of oxazole rings is 1. The minimum absolute atomic E-state index is 0.0259. The summed E-state index contributed by atoms with van der Waals surface area (Å²) < 4.78 is 5.37. The van der Waals surface area contributed by atoms with Crippen LogP contribution >= 0.6 is 0 Å². The largest absolute Gasteiger partial charge is 0.506 e. The molecular formula is C17H21N3O3. The number of carbonyl (C=O) groups is 1. The molecule has 0 aliphatic carbocycles. The highest BCUT2D eigenvalue weighted by Gasteiger charge is 2.26. The van der Waals surface area contributed by atoms with Crippen LogP contribution in [0, 0.1) is 12.8 Å². The van der Waals surface area contributed by atoms with Crippen molar-refractivity contribution in [3.8, 4) is 5.75 Å². The van der Waals surface area contributed by atoms with Crippen molar-refractivity contribution >= 4 is 11.6 Å². The zero-order valence-electron chi connectivity index (χ0n) is 13.2. The lowest BCUT2D eigenvalue weighted by atomic mass is 9.95. The van der Waals surface area contributed by atoms with Gasteiger partial charge in [-0.2, -0.15) is 0 Å². The van der Waals surface area contributed by atoms with Gasteiger partial charge in [0.15, 0.2) is 6.39 Å². The summed E-state index contributed by atoms with van der Waals surface area (Å²) in [6, 6.07) is 6.79. The van der Waals surface area contributed by atoms with Gasteiger partial charge in [-0.25, -0.2) is 4.98 Å². The van der Waals surface area contributed by atoms with E-state index >= 15 is 0 Å². The maximum absolute atomic E-state index is 12.3. The second-order valence-corrected chi connectivity index (χ2v) is 5.92. The number of aryl methyl sites for hydroxylation is 1. The SMILES string of the molecule is Cc1ncoc1CN1CCC(C(=O)Nc2ccccc2O)CC1. The summed E-state index contributed by atoms with van der Waals surface area (Å²) in [7, 11) is 0. The minimum atomic E-state index is -0.0262. The number of hydrogen-bond acceptors (Lipinski definition) is 5. The van der Waals surface area contributed by atoms with Crippen molar-refractivity contribution in [2.75, 3.05) is 18.4 Å². The molecule has 0 bridgehead atoms. The Balaban J connectivity index is 1.51. The van der Waals surface area contributed by atoms with Crippen LogP contribution in [0.4, 0.5) is 5.69 Å². The molecule has 0 spiro atoms. The standard InChI is InChI=1S/C17H21N3O3/c1-12-16(23-11-18-12)10-20-8-6-13(7-9-20)17(22)19-14-4-2-3-5-15(14)21/h2-5,11,13,21H,6-10H2,1H3,(H,19,22). The molecule has 0 radical (unpaired) electrons. The lowest BCUT2D eigenvalue weighted by Gasteiger charge is -2.30. The van der Waals surface area contributed by atoms with Gasteiger partial charge in [-0.15, -0.1) is 0 Å². The van der Waals surface area contributed by atoms with Gasteiger partial charge in [0.2, 0.25) is 5.91 Å². The number of para-hydroxylation sites is 2. The Morgan fingerprint density at radius 2 is 2.13 bits per heavy atom. The third-order valence-electron chi connectivity index (χ3n) is 4.33. The van der Waals surface area contributed by atoms with Crippen molar-refractivity contribution < 1.29 is 14.3 Å². The van der Waals surface area contributed by atoms with Gasteiger partial charge in [0.1, 0.15) is 11.5 Å². The Bertz CT molecular complexity index is 675. The molecule has 0 saturated carbocycles. The molecular weight excluding hydrogens is 294 g/mol. The molecule has 2 aromatic rings. The lowest BCUT2D eigenvalue weighted by Crippen LogP contribution is -2.37. The van der Waals surface area contributed by atoms with Crippen LogP contribution in [0.5, 0.6) is 5.75 Å². The van der Waals surface area contributed by atoms with E-state index in [-0.39, 0.29) is 17.6 Å². The summed E-state index contributed by atoms with van der Waals surface area (Å²) in [5.41, 5.74) is 1.39. The number of aromatic hydroxyl groups is 1. The minimum Gasteiger partial charge on any atom is -0.506 e. The van der Waals surface area contributed by atoms with Gasteiger partial charge in [-0.3, -0.25) is 9.69 Å². The van der Waals surface area contributed by atoms with Crippen LogP contribution in [0.3, 0.4) is 0 Å². The topological polar surface area (TPSA) is 78.6 Å². The van der Waals surface area contributed by atoms with Gasteiger partial charge in [-0.05, 0) is 45.0 Å². The molecule has 0 atom stereocenters. The van der Waals surface area contributed by atoms with E-state index in [9.17, 15) is 9.90 Å². The molecule has 1 aliphatic heterocycles. The molecule has 23 heavy (non-hydrogen) atoms. The first-order chi connectivity index (χ1) is 11.1. The molecule has 6 heteroatoms. The number of amides is 1. The molecule has 1 aromatic heterocycles. The summed E-state index contributed by atoms with van der Waals surface area (Å²) in [5.74, 6) is 0.935. The van der Waals surface area contributed by atoms with Crippen LogP contribution in [0.15, 0.2) is 35.1 Å². The van der Waals surface area contributed by atoms with Crippen molar-refractivity contribution in [3.05, 3.63) is 42.1 Å². The predicted molar refractivity (Wildman–Crippen MR) is 86.0 cm³/mol. The Hall–Kier alpha value is -2.34. The summed E-state index contributed by atoms with van der Waals surface area (Å²) >= 11 is 0. The Kier molecular flexibility index (Phi) is 4.62. The summed E-state index contributed by atoms with van der Waals surface area (Å²) in [4.78, 5) is 18.7. The van der Waals surface area contributed by atoms with Crippen LogP contribution in [0.25, 0.3) is 0 Å². The van der Waals surface area contributed by atoms with E-state index in [4.69, 9.17) is 4.42 Å². The molecule has 1 saturated heterocycles. The fourth-order valence-corrected chi connectivity index (χ4v) is 2.85. The van der Waals surface area contributed by atoms with E-state index in [1.807, 2.05) is 6.92 Å². The van der Waals surface area contributed by atoms with E-state index in [0.29, 0.717) is 5.69 Å². The molecule has 1 aliphatic rings. The van der Waals surface area contributed by atoms with E-state index in [0.717, 1.165) is 43.9 Å². The van der Waals surface area contributed by atoms with Gasteiger partial charge in [0.25, 0.3) is 0 Å². The van der Waals surface area contributed by atoms with E-state index in [2.05, 4.69) is 15.2 Å². The number of nitrogens with one attached hydrogen (secondary N) is 1. The quantitative estimate of drug-likeness (QED) is 0.848. The summed E-state index contributed by atoms with van der Waals surface area (Å²) in [6.07, 6.45) is 3.07. The summed E-state index contributed by atoms with van der Waals surface area (Å²) in [5, 5.41) is 12.5. The number of rotatable bonds is 4. The molecule has 6 nitrogen and oxygen atoms in total. The first-order valence-electron chi connectivity index (χ1n) is 7.83. The molecule has 1 amide bonds. The highest BCUT2D eigenvalue weighted by Crippen LogP contribution is 2.25. The number of likely N-dealkylation sites (tertiary alicyclic amines) is 1. The van der Waals surface area contributed by atoms with Crippen molar-refractivity contribution in [2.45, 2.75) is 26.3 Å². The lowest BCUT2D eigenvalue weighted by molar-refractivity contribution is -0.121. The van der Waals surface area contributed by atoms with Crippen molar-refractivity contribution in [1.82, 2.24) is 9.88 Å². The van der Waals surface area contributed by atoms with Gasteiger partial charge in [0.05, 0.1) is 17.9 Å². The average Bonchev–Trinajstić information content (AvgIpc) is 2.95. The number of phenolic OH excluding ortho intramolecular Hbond substituents is 1. The number of phenols is 1. The van der Waals surface area contributed by atoms with Gasteiger partial charge < -0.3 is 14.8 Å². The number of benzene rings is 1. The fourth-order valence-electron chi connectivity index (χ4n) is 2.85. The first kappa shape index (κ1) is 15.6. The molecule has 2 heterocycles. The maximum Gasteiger partial charge on any atom is 0.227 e. The zero-order chi connectivity index (χ0) is 16.2. The average molecular weight is 315 g/mol. The second kappa shape index (κ2) is 6.83. The highest BCUT2D eigenvalue weighted by atomic mass is 16.3. The Morgan fingerprint density at radius 3 is 2.78 bits per heavy atom. The van der Waals surface area contributed by atoms with E-state index in [1.165, 1.54) is 6.39 Å². The van der Waals surface area contributed by atoms with Gasteiger partial charge in [0, 0.05) is 5.92 Å². The van der Waals surface area contributed by atoms with Crippen LogP contribution in [-0.2, 0) is 11.3 Å². The Morgan fingerprint density at radius 1 is 1.39 bits per heavy atom. The molecule has 1 aromatic carbocycles. The zero-order valence-corrected chi connectivity index (χ0v) is 13.2. The normalized spacial score (nSPS) is 16.4. The Labute approximate surface area is 135 Å². The highest BCUT2D eigenvalue weighted by molar-refractivity contribution is 5.93. The molecule has 122 valence electrons. The van der Waals surface area contributed by atoms with Crippen molar-refractivity contribution in [3.63, 3.8) is 0 Å². The smallest absolute Gasteiger partial charge is 0.227 e. The third kappa shape index (κ3) is 3.71. The van der Waals surface area contributed by atoms with Crippen LogP contribution in [-0.4, -0.2) is 34.0 Å². The second-order valence-electron chi connectivity index (χ2n) is 5.92. The molecule has 1 fully saturated rings. The molecule has 0 unspecified atom stereocenters. The molecule has 2 N–H and O–H groups in total. The number of piperidine rings is 1. The molecule has 3 rings (SSSR count). The first-order valence-corrected chi connectivity index (χ1v) is 7.83. The van der Waals surface area contributed by atoms with Crippen molar-refractivity contribution in [1.29, 1.82) is 0 Å². The van der Waals surface area contributed by atoms with Crippen LogP contribution in [0.1, 0.15) is 24.3 Å². The number of nitrogens with zero attached hydrogens (tertiary/aromatic N) is 2. The predicted octanol–water partition coefficient (Wildman–Crippen LogP) is 2.54. The van der Waals surface area contributed by atoms with Crippen LogP contribution < -0.4 is 5.32 Å². The maximum atomic E-state index is 12.3. The number of anilines is 1. The van der Waals surface area contributed by atoms with Crippen molar-refractivity contribution in [2.24, 2.45) is 5.92 Å². The van der Waals surface area contributed by atoms with Gasteiger partial charge >= 0.3 is 0 Å². The number of hydrogen-bond donors (Lipinski definition) is 2. The van der Waals surface area contributed by atoms with Gasteiger partial charge in [-0.1, -0.05) is 12.1 Å². The number of aromatic nitrogens is 1. The summed E-state index contributed by atoms with van der Waals surface area (Å²) in [6.45, 7) is 4.36. The third-order valence-corrected chi connectivity index (χ3v) is 4.33.